The Hall–Kier alpha value is -2.69. The monoisotopic (exact) mass is 348 g/mol. The fourth-order valence-corrected chi connectivity index (χ4v) is 3.79. The van der Waals surface area contributed by atoms with Gasteiger partial charge in [-0.25, -0.2) is 9.97 Å². The van der Waals surface area contributed by atoms with E-state index in [0.29, 0.717) is 11.6 Å². The maximum absolute atomic E-state index is 12.7. The number of hydrogen-bond acceptors (Lipinski definition) is 3. The predicted molar refractivity (Wildman–Crippen MR) is 103 cm³/mol. The third kappa shape index (κ3) is 3.21. The molecule has 0 radical (unpaired) electrons. The summed E-state index contributed by atoms with van der Waals surface area (Å²) in [5, 5.41) is 3.19. The maximum atomic E-state index is 12.7. The average molecular weight is 348 g/mol. The molecule has 1 aliphatic carbocycles. The average Bonchev–Trinajstić information content (AvgIpc) is 3.07. The van der Waals surface area contributed by atoms with E-state index in [-0.39, 0.29) is 5.91 Å². The van der Waals surface area contributed by atoms with E-state index in [1.54, 1.807) is 6.20 Å². The van der Waals surface area contributed by atoms with Crippen molar-refractivity contribution in [2.45, 2.75) is 51.6 Å². The van der Waals surface area contributed by atoms with Gasteiger partial charge in [0.2, 0.25) is 0 Å². The minimum atomic E-state index is 0.0102. The molecule has 134 valence electrons. The summed E-state index contributed by atoms with van der Waals surface area (Å²) in [6, 6.07) is 11.9. The van der Waals surface area contributed by atoms with Gasteiger partial charge in [-0.05, 0) is 44.0 Å². The summed E-state index contributed by atoms with van der Waals surface area (Å²) in [5.41, 5.74) is 3.39. The molecule has 1 saturated carbocycles. The van der Waals surface area contributed by atoms with Crippen molar-refractivity contribution in [1.29, 1.82) is 0 Å². The number of nitrogens with one attached hydrogen (secondary N) is 1. The van der Waals surface area contributed by atoms with Crippen LogP contribution in [-0.2, 0) is 6.54 Å². The number of benzene rings is 1. The highest BCUT2D eigenvalue weighted by Crippen LogP contribution is 2.25. The third-order valence-electron chi connectivity index (χ3n) is 5.14. The molecule has 0 aliphatic heterocycles. The van der Waals surface area contributed by atoms with Crippen molar-refractivity contribution >= 4 is 17.1 Å². The van der Waals surface area contributed by atoms with Gasteiger partial charge in [0.05, 0.1) is 0 Å². The first-order valence-electron chi connectivity index (χ1n) is 9.49. The van der Waals surface area contributed by atoms with E-state index in [1.807, 2.05) is 36.4 Å². The Morgan fingerprint density at radius 3 is 2.85 bits per heavy atom. The van der Waals surface area contributed by atoms with Crippen LogP contribution in [0, 0.1) is 0 Å². The van der Waals surface area contributed by atoms with Crippen LogP contribution in [0.4, 0.5) is 0 Å². The summed E-state index contributed by atoms with van der Waals surface area (Å²) in [5.74, 6) is 0.865. The van der Waals surface area contributed by atoms with Crippen LogP contribution in [0.3, 0.4) is 0 Å². The number of aromatic nitrogens is 3. The van der Waals surface area contributed by atoms with Crippen LogP contribution >= 0.6 is 0 Å². The second-order valence-corrected chi connectivity index (χ2v) is 6.92. The van der Waals surface area contributed by atoms with Crippen LogP contribution < -0.4 is 5.32 Å². The number of fused-ring (bicyclic) bond motifs is 1. The van der Waals surface area contributed by atoms with E-state index in [1.165, 1.54) is 19.3 Å². The molecule has 0 atom stereocenters. The number of imidazole rings is 1. The first-order chi connectivity index (χ1) is 12.8. The zero-order valence-electron chi connectivity index (χ0n) is 15.1. The lowest BCUT2D eigenvalue weighted by atomic mass is 9.95. The molecule has 5 nitrogen and oxygen atoms in total. The van der Waals surface area contributed by atoms with E-state index >= 15 is 0 Å². The van der Waals surface area contributed by atoms with Crippen molar-refractivity contribution in [1.82, 2.24) is 19.9 Å². The Morgan fingerprint density at radius 1 is 1.19 bits per heavy atom. The van der Waals surface area contributed by atoms with Gasteiger partial charge in [-0.15, -0.1) is 0 Å². The number of carbonyl (C=O) groups is 1. The van der Waals surface area contributed by atoms with E-state index in [9.17, 15) is 4.79 Å². The number of hydrogen-bond donors (Lipinski definition) is 1. The summed E-state index contributed by atoms with van der Waals surface area (Å²) in [4.78, 5) is 21.9. The normalized spacial score (nSPS) is 15.3. The van der Waals surface area contributed by atoms with E-state index in [4.69, 9.17) is 4.98 Å². The van der Waals surface area contributed by atoms with Crippen LogP contribution in [0.2, 0.25) is 0 Å². The highest BCUT2D eigenvalue weighted by Gasteiger charge is 2.18. The molecule has 0 spiro atoms. The van der Waals surface area contributed by atoms with Gasteiger partial charge in [-0.1, -0.05) is 31.4 Å². The Bertz CT molecular complexity index is 925. The molecule has 1 aliphatic rings. The second kappa shape index (κ2) is 7.28. The smallest absolute Gasteiger partial charge is 0.251 e. The van der Waals surface area contributed by atoms with Gasteiger partial charge in [-0.3, -0.25) is 4.79 Å². The topological polar surface area (TPSA) is 59.8 Å². The number of rotatable bonds is 4. The Balaban J connectivity index is 1.64. The van der Waals surface area contributed by atoms with E-state index in [2.05, 4.69) is 21.8 Å². The van der Waals surface area contributed by atoms with Crippen LogP contribution in [0.15, 0.2) is 42.6 Å². The highest BCUT2D eigenvalue weighted by molar-refractivity contribution is 5.95. The lowest BCUT2D eigenvalue weighted by molar-refractivity contribution is 0.0928. The quantitative estimate of drug-likeness (QED) is 0.769. The molecule has 1 fully saturated rings. The van der Waals surface area contributed by atoms with Gasteiger partial charge in [0, 0.05) is 29.9 Å². The molecule has 0 unspecified atom stereocenters. The summed E-state index contributed by atoms with van der Waals surface area (Å²) < 4.78 is 2.09. The summed E-state index contributed by atoms with van der Waals surface area (Å²) in [6.07, 6.45) is 7.65. The molecular weight excluding hydrogens is 324 g/mol. The zero-order valence-corrected chi connectivity index (χ0v) is 15.1. The van der Waals surface area contributed by atoms with Crippen molar-refractivity contribution in [3.8, 4) is 11.4 Å². The van der Waals surface area contributed by atoms with Gasteiger partial charge in [0.1, 0.15) is 11.3 Å². The standard InChI is InChI=1S/C21H24N4O/c1-2-25-19(24-18-12-7-13-22-20(18)25)15-8-6-9-16(14-15)21(26)23-17-10-4-3-5-11-17/h6-9,12-14,17H,2-5,10-11H2,1H3,(H,23,26). The molecule has 0 bridgehead atoms. The fraction of sp³-hybridized carbons (Fsp3) is 0.381. The Labute approximate surface area is 153 Å². The van der Waals surface area contributed by atoms with Crippen LogP contribution in [0.5, 0.6) is 0 Å². The predicted octanol–water partition coefficient (Wildman–Crippen LogP) is 4.18. The van der Waals surface area contributed by atoms with Gasteiger partial charge in [0.25, 0.3) is 5.91 Å². The summed E-state index contributed by atoms with van der Waals surface area (Å²) in [6.45, 7) is 2.86. The molecule has 2 heterocycles. The lowest BCUT2D eigenvalue weighted by Crippen LogP contribution is -2.36. The van der Waals surface area contributed by atoms with Crippen LogP contribution in [0.25, 0.3) is 22.6 Å². The number of nitrogens with zero attached hydrogens (tertiary/aromatic N) is 3. The molecule has 5 heteroatoms. The highest BCUT2D eigenvalue weighted by atomic mass is 16.1. The molecule has 0 saturated heterocycles. The third-order valence-corrected chi connectivity index (χ3v) is 5.14. The minimum Gasteiger partial charge on any atom is -0.349 e. The van der Waals surface area contributed by atoms with Crippen LogP contribution in [-0.4, -0.2) is 26.5 Å². The van der Waals surface area contributed by atoms with Crippen molar-refractivity contribution in [3.63, 3.8) is 0 Å². The van der Waals surface area contributed by atoms with Crippen molar-refractivity contribution in [2.24, 2.45) is 0 Å². The number of pyridine rings is 1. The van der Waals surface area contributed by atoms with Crippen LogP contribution in [0.1, 0.15) is 49.4 Å². The van der Waals surface area contributed by atoms with Gasteiger partial charge >= 0.3 is 0 Å². The second-order valence-electron chi connectivity index (χ2n) is 6.92. The number of aryl methyl sites for hydroxylation is 1. The Morgan fingerprint density at radius 2 is 2.04 bits per heavy atom. The van der Waals surface area contributed by atoms with Crippen molar-refractivity contribution in [2.75, 3.05) is 0 Å². The summed E-state index contributed by atoms with van der Waals surface area (Å²) in [7, 11) is 0. The van der Waals surface area contributed by atoms with E-state index < -0.39 is 0 Å². The first-order valence-corrected chi connectivity index (χ1v) is 9.49. The molecule has 1 aromatic carbocycles. The summed E-state index contributed by atoms with van der Waals surface area (Å²) >= 11 is 0. The van der Waals surface area contributed by atoms with Gasteiger partial charge < -0.3 is 9.88 Å². The molecule has 26 heavy (non-hydrogen) atoms. The van der Waals surface area contributed by atoms with Gasteiger partial charge in [0.15, 0.2) is 5.65 Å². The zero-order chi connectivity index (χ0) is 17.9. The lowest BCUT2D eigenvalue weighted by Gasteiger charge is -2.22. The number of carbonyl (C=O) groups excluding carboxylic acids is 1. The molecule has 1 amide bonds. The van der Waals surface area contributed by atoms with E-state index in [0.717, 1.165) is 41.9 Å². The first kappa shape index (κ1) is 16.8. The largest absolute Gasteiger partial charge is 0.349 e. The minimum absolute atomic E-state index is 0.0102. The molecule has 1 N–H and O–H groups in total. The fourth-order valence-electron chi connectivity index (χ4n) is 3.79. The van der Waals surface area contributed by atoms with Gasteiger partial charge in [-0.2, -0.15) is 0 Å². The molecule has 2 aromatic heterocycles. The van der Waals surface area contributed by atoms with Crippen molar-refractivity contribution in [3.05, 3.63) is 48.2 Å². The maximum Gasteiger partial charge on any atom is 0.251 e. The SMILES string of the molecule is CCn1c(-c2cccc(C(=O)NC3CCCCC3)c2)nc2cccnc21. The van der Waals surface area contributed by atoms with Crippen molar-refractivity contribution < 1.29 is 4.79 Å². The Kier molecular flexibility index (Phi) is 4.69. The number of amides is 1. The molecule has 3 aromatic rings. The molecular formula is C21H24N4O. The molecule has 4 rings (SSSR count).